The number of nitrogens with one attached hydrogen (secondary N) is 1. The molecule has 0 bridgehead atoms. The number of aromatic amines is 1. The normalized spacial score (nSPS) is 12.2. The largest absolute Gasteiger partial charge is 0.285 e. The Hall–Kier alpha value is -3.20. The second-order valence-electron chi connectivity index (χ2n) is 9.95. The van der Waals surface area contributed by atoms with Crippen molar-refractivity contribution in [1.29, 1.82) is 0 Å². The lowest BCUT2D eigenvalue weighted by Gasteiger charge is -2.28. The van der Waals surface area contributed by atoms with Gasteiger partial charge in [0.25, 0.3) is 0 Å². The maximum absolute atomic E-state index is 4.60. The predicted molar refractivity (Wildman–Crippen MR) is 129 cm³/mol. The van der Waals surface area contributed by atoms with Crippen LogP contribution in [-0.4, -0.2) is 15.2 Å². The third-order valence-electron chi connectivity index (χ3n) is 5.92. The standard InChI is InChI=1S/C28H31N3/c1-27(2,3)24-17-20(12-13-23(24)26-11-6-7-15-29-26)19-28(4,5)22-10-8-9-21(18-22)25-14-16-30-31-25/h6-18H,19H2,1-5H3,(H,30,31). The summed E-state index contributed by atoms with van der Waals surface area (Å²) in [5.74, 6) is 0. The summed E-state index contributed by atoms with van der Waals surface area (Å²) >= 11 is 0. The molecule has 0 aliphatic rings. The molecule has 0 aliphatic carbocycles. The molecule has 0 saturated heterocycles. The van der Waals surface area contributed by atoms with Crippen molar-refractivity contribution in [3.63, 3.8) is 0 Å². The Morgan fingerprint density at radius 3 is 2.32 bits per heavy atom. The van der Waals surface area contributed by atoms with Crippen LogP contribution in [0.15, 0.2) is 79.1 Å². The molecule has 2 aromatic carbocycles. The highest BCUT2D eigenvalue weighted by Gasteiger charge is 2.25. The van der Waals surface area contributed by atoms with Gasteiger partial charge in [-0.25, -0.2) is 0 Å². The molecule has 158 valence electrons. The number of nitrogens with zero attached hydrogens (tertiary/aromatic N) is 2. The maximum Gasteiger partial charge on any atom is 0.0920 e. The molecule has 4 aromatic rings. The van der Waals surface area contributed by atoms with Gasteiger partial charge in [0.05, 0.1) is 11.4 Å². The summed E-state index contributed by atoms with van der Waals surface area (Å²) in [4.78, 5) is 4.60. The number of benzene rings is 2. The fourth-order valence-electron chi connectivity index (χ4n) is 4.20. The van der Waals surface area contributed by atoms with Crippen LogP contribution >= 0.6 is 0 Å². The second-order valence-corrected chi connectivity index (χ2v) is 9.95. The Labute approximate surface area is 185 Å². The molecule has 3 heteroatoms. The van der Waals surface area contributed by atoms with Crippen LogP contribution in [0.3, 0.4) is 0 Å². The molecule has 2 aromatic heterocycles. The molecule has 4 rings (SSSR count). The van der Waals surface area contributed by atoms with Crippen molar-refractivity contribution in [1.82, 2.24) is 15.2 Å². The number of hydrogen-bond acceptors (Lipinski definition) is 2. The van der Waals surface area contributed by atoms with E-state index in [2.05, 4.69) is 104 Å². The average molecular weight is 410 g/mol. The number of aromatic nitrogens is 3. The second kappa shape index (κ2) is 8.14. The first kappa shape index (κ1) is 21.0. The Morgan fingerprint density at radius 2 is 1.65 bits per heavy atom. The average Bonchev–Trinajstić information content (AvgIpc) is 3.29. The van der Waals surface area contributed by atoms with Gasteiger partial charge in [0.1, 0.15) is 0 Å². The Bertz CT molecular complexity index is 1150. The molecule has 3 nitrogen and oxygen atoms in total. The van der Waals surface area contributed by atoms with Gasteiger partial charge >= 0.3 is 0 Å². The van der Waals surface area contributed by atoms with Crippen molar-refractivity contribution in [2.45, 2.75) is 51.9 Å². The molecule has 0 spiro atoms. The van der Waals surface area contributed by atoms with E-state index in [0.717, 1.165) is 23.4 Å². The molecule has 0 unspecified atom stereocenters. The van der Waals surface area contributed by atoms with E-state index in [9.17, 15) is 0 Å². The summed E-state index contributed by atoms with van der Waals surface area (Å²) in [5.41, 5.74) is 8.41. The monoisotopic (exact) mass is 409 g/mol. The van der Waals surface area contributed by atoms with Gasteiger partial charge in [0, 0.05) is 23.5 Å². The molecule has 0 amide bonds. The predicted octanol–water partition coefficient (Wildman–Crippen LogP) is 6.96. The lowest BCUT2D eigenvalue weighted by atomic mass is 9.76. The van der Waals surface area contributed by atoms with Crippen molar-refractivity contribution >= 4 is 0 Å². The van der Waals surface area contributed by atoms with Gasteiger partial charge in [-0.2, -0.15) is 5.10 Å². The van der Waals surface area contributed by atoms with Crippen molar-refractivity contribution in [2.75, 3.05) is 0 Å². The van der Waals surface area contributed by atoms with Gasteiger partial charge in [0.15, 0.2) is 0 Å². The highest BCUT2D eigenvalue weighted by molar-refractivity contribution is 5.66. The van der Waals surface area contributed by atoms with Crippen LogP contribution in [0.25, 0.3) is 22.5 Å². The fraction of sp³-hybridized carbons (Fsp3) is 0.286. The van der Waals surface area contributed by atoms with Crippen LogP contribution in [0, 0.1) is 0 Å². The Kier molecular flexibility index (Phi) is 5.53. The smallest absolute Gasteiger partial charge is 0.0920 e. The van der Waals surface area contributed by atoms with Gasteiger partial charge < -0.3 is 0 Å². The number of H-pyrrole nitrogens is 1. The van der Waals surface area contributed by atoms with E-state index in [-0.39, 0.29) is 10.8 Å². The molecule has 2 heterocycles. The molecule has 0 radical (unpaired) electrons. The first-order valence-corrected chi connectivity index (χ1v) is 10.9. The summed E-state index contributed by atoms with van der Waals surface area (Å²) in [6, 6.07) is 23.8. The van der Waals surface area contributed by atoms with Crippen molar-refractivity contribution in [2.24, 2.45) is 0 Å². The van der Waals surface area contributed by atoms with Gasteiger partial charge in [-0.05, 0) is 58.2 Å². The molecule has 1 N–H and O–H groups in total. The number of hydrogen-bond donors (Lipinski definition) is 1. The van der Waals surface area contributed by atoms with Crippen molar-refractivity contribution < 1.29 is 0 Å². The van der Waals surface area contributed by atoms with Crippen molar-refractivity contribution in [3.8, 4) is 22.5 Å². The molecular formula is C28H31N3. The van der Waals surface area contributed by atoms with Crippen LogP contribution in [0.2, 0.25) is 0 Å². The van der Waals surface area contributed by atoms with E-state index in [1.54, 1.807) is 0 Å². The summed E-state index contributed by atoms with van der Waals surface area (Å²) in [6.07, 6.45) is 4.69. The molecular weight excluding hydrogens is 378 g/mol. The quantitative estimate of drug-likeness (QED) is 0.387. The fourth-order valence-corrected chi connectivity index (χ4v) is 4.20. The number of rotatable bonds is 5. The van der Waals surface area contributed by atoms with Crippen LogP contribution in [0.4, 0.5) is 0 Å². The van der Waals surface area contributed by atoms with Gasteiger partial charge in [-0.3, -0.25) is 10.1 Å². The zero-order valence-corrected chi connectivity index (χ0v) is 19.1. The van der Waals surface area contributed by atoms with Crippen molar-refractivity contribution in [3.05, 3.63) is 95.8 Å². The first-order valence-electron chi connectivity index (χ1n) is 10.9. The molecule has 0 fully saturated rings. The minimum absolute atomic E-state index is 0.00597. The van der Waals surface area contributed by atoms with Gasteiger partial charge in [-0.1, -0.05) is 77.1 Å². The van der Waals surface area contributed by atoms with Crippen LogP contribution < -0.4 is 0 Å². The summed E-state index contributed by atoms with van der Waals surface area (Å²) < 4.78 is 0. The van der Waals surface area contributed by atoms with E-state index < -0.39 is 0 Å². The van der Waals surface area contributed by atoms with Gasteiger partial charge in [0.2, 0.25) is 0 Å². The van der Waals surface area contributed by atoms with E-state index in [1.165, 1.54) is 22.3 Å². The summed E-state index contributed by atoms with van der Waals surface area (Å²) in [5, 5.41) is 7.25. The highest BCUT2D eigenvalue weighted by Crippen LogP contribution is 2.36. The topological polar surface area (TPSA) is 41.6 Å². The summed E-state index contributed by atoms with van der Waals surface area (Å²) in [6.45, 7) is 11.5. The Morgan fingerprint density at radius 1 is 0.806 bits per heavy atom. The van der Waals surface area contributed by atoms with E-state index >= 15 is 0 Å². The van der Waals surface area contributed by atoms with E-state index in [0.29, 0.717) is 0 Å². The lowest BCUT2D eigenvalue weighted by Crippen LogP contribution is -2.21. The minimum Gasteiger partial charge on any atom is -0.285 e. The third kappa shape index (κ3) is 4.61. The third-order valence-corrected chi connectivity index (χ3v) is 5.92. The zero-order valence-electron chi connectivity index (χ0n) is 19.1. The maximum atomic E-state index is 4.60. The number of pyridine rings is 1. The molecule has 31 heavy (non-hydrogen) atoms. The lowest BCUT2D eigenvalue weighted by molar-refractivity contribution is 0.520. The molecule has 0 atom stereocenters. The minimum atomic E-state index is -0.00597. The van der Waals surface area contributed by atoms with E-state index in [1.807, 2.05) is 24.5 Å². The molecule has 0 saturated carbocycles. The Balaban J connectivity index is 1.68. The van der Waals surface area contributed by atoms with Crippen LogP contribution in [-0.2, 0) is 17.3 Å². The zero-order chi connectivity index (χ0) is 22.1. The highest BCUT2D eigenvalue weighted by atomic mass is 15.1. The van der Waals surface area contributed by atoms with E-state index in [4.69, 9.17) is 0 Å². The summed E-state index contributed by atoms with van der Waals surface area (Å²) in [7, 11) is 0. The SMILES string of the molecule is CC(C)(C)c1cc(CC(C)(C)c2cccc(-c3cc[nH]n3)c2)ccc1-c1ccccn1. The first-order chi connectivity index (χ1) is 14.7. The van der Waals surface area contributed by atoms with Crippen LogP contribution in [0.1, 0.15) is 51.3 Å². The van der Waals surface area contributed by atoms with Crippen LogP contribution in [0.5, 0.6) is 0 Å². The van der Waals surface area contributed by atoms with Gasteiger partial charge in [-0.15, -0.1) is 0 Å². The molecule has 0 aliphatic heterocycles.